The number of sulfonamides is 1. The number of anilines is 1. The summed E-state index contributed by atoms with van der Waals surface area (Å²) in [5.41, 5.74) is 3.10. The van der Waals surface area contributed by atoms with E-state index in [9.17, 15) is 18.0 Å². The van der Waals surface area contributed by atoms with Gasteiger partial charge in [0.05, 0.1) is 11.4 Å². The van der Waals surface area contributed by atoms with Crippen molar-refractivity contribution in [3.05, 3.63) is 119 Å². The largest absolute Gasteiger partial charge is 0.464 e. The van der Waals surface area contributed by atoms with Crippen molar-refractivity contribution in [2.75, 3.05) is 11.4 Å². The van der Waals surface area contributed by atoms with Gasteiger partial charge in [0, 0.05) is 12.2 Å². The molecule has 0 aliphatic carbocycles. The zero-order valence-corrected chi connectivity index (χ0v) is 22.9. The van der Waals surface area contributed by atoms with E-state index in [4.69, 9.17) is 4.42 Å². The van der Waals surface area contributed by atoms with Crippen molar-refractivity contribution in [2.45, 2.75) is 38.3 Å². The second kappa shape index (κ2) is 12.1. The first kappa shape index (κ1) is 27.8. The minimum Gasteiger partial charge on any atom is -0.464 e. The third kappa shape index (κ3) is 7.01. The molecular formula is C30H31N3O5S. The van der Waals surface area contributed by atoms with E-state index < -0.39 is 34.4 Å². The first-order valence-corrected chi connectivity index (χ1v) is 14.0. The zero-order valence-electron chi connectivity index (χ0n) is 22.0. The maximum absolute atomic E-state index is 13.8. The molecule has 4 rings (SSSR count). The van der Waals surface area contributed by atoms with E-state index in [1.807, 2.05) is 50.2 Å². The van der Waals surface area contributed by atoms with Crippen LogP contribution in [0.15, 0.2) is 100 Å². The Bertz CT molecular complexity index is 1530. The molecule has 2 amide bonds. The monoisotopic (exact) mass is 545 g/mol. The van der Waals surface area contributed by atoms with Gasteiger partial charge in [-0.05, 0) is 73.9 Å². The Balaban J connectivity index is 1.71. The number of nitrogens with zero attached hydrogens (tertiary/aromatic N) is 1. The predicted octanol–water partition coefficient (Wildman–Crippen LogP) is 4.57. The minimum absolute atomic E-state index is 0.0366. The molecule has 8 nitrogen and oxygen atoms in total. The molecule has 0 saturated carbocycles. The quantitative estimate of drug-likeness (QED) is 0.303. The summed E-state index contributed by atoms with van der Waals surface area (Å²) in [7, 11) is -3.96. The minimum atomic E-state index is -3.96. The molecule has 0 saturated heterocycles. The molecule has 0 aliphatic heterocycles. The molecule has 0 fully saturated rings. The van der Waals surface area contributed by atoms with Crippen LogP contribution < -0.4 is 14.9 Å². The Labute approximate surface area is 228 Å². The van der Waals surface area contributed by atoms with E-state index in [0.29, 0.717) is 11.4 Å². The van der Waals surface area contributed by atoms with Gasteiger partial charge in [-0.25, -0.2) is 13.1 Å². The standard InChI is InChI=1S/C30H31N3O5S/c1-21-16-22(2)18-25(17-21)33(28(34)20-32-39(36,37)26-12-8-5-9-13-26)29(27-15-14-23(3)38-27)30(35)31-19-24-10-6-4-7-11-24/h4-18,29,32H,19-20H2,1-3H3,(H,31,35)/t29-/m1/s1. The third-order valence-corrected chi connectivity index (χ3v) is 7.48. The zero-order chi connectivity index (χ0) is 28.0. The highest BCUT2D eigenvalue weighted by atomic mass is 32.2. The molecule has 202 valence electrons. The number of benzene rings is 3. The van der Waals surface area contributed by atoms with E-state index in [-0.39, 0.29) is 17.2 Å². The molecule has 1 atom stereocenters. The number of carbonyl (C=O) groups excluding carboxylic acids is 2. The number of carbonyl (C=O) groups is 2. The SMILES string of the molecule is Cc1cc(C)cc(N(C(=O)CNS(=O)(=O)c2ccccc2)[C@@H](C(=O)NCc2ccccc2)c2ccc(C)o2)c1. The number of furan rings is 1. The molecule has 3 aromatic carbocycles. The molecule has 0 unspecified atom stereocenters. The van der Waals surface area contributed by atoms with Crippen molar-refractivity contribution in [1.82, 2.24) is 10.0 Å². The van der Waals surface area contributed by atoms with Crippen LogP contribution in [0.1, 0.15) is 34.3 Å². The highest BCUT2D eigenvalue weighted by Crippen LogP contribution is 2.31. The maximum atomic E-state index is 13.8. The number of hydrogen-bond donors (Lipinski definition) is 2. The van der Waals surface area contributed by atoms with Crippen LogP contribution in [0.2, 0.25) is 0 Å². The summed E-state index contributed by atoms with van der Waals surface area (Å²) in [4.78, 5) is 28.9. The predicted molar refractivity (Wildman–Crippen MR) is 150 cm³/mol. The van der Waals surface area contributed by atoms with Crippen LogP contribution in [0.25, 0.3) is 0 Å². The topological polar surface area (TPSA) is 109 Å². The summed E-state index contributed by atoms with van der Waals surface area (Å²) in [6, 6.07) is 24.9. The van der Waals surface area contributed by atoms with Crippen molar-refractivity contribution in [3.8, 4) is 0 Å². The summed E-state index contributed by atoms with van der Waals surface area (Å²) >= 11 is 0. The number of nitrogens with one attached hydrogen (secondary N) is 2. The number of rotatable bonds is 10. The van der Waals surface area contributed by atoms with Crippen LogP contribution in [0.4, 0.5) is 5.69 Å². The smallest absolute Gasteiger partial charge is 0.251 e. The van der Waals surface area contributed by atoms with Gasteiger partial charge in [0.15, 0.2) is 6.04 Å². The molecular weight excluding hydrogens is 514 g/mol. The van der Waals surface area contributed by atoms with E-state index in [1.54, 1.807) is 49.4 Å². The fourth-order valence-corrected chi connectivity index (χ4v) is 5.30. The summed E-state index contributed by atoms with van der Waals surface area (Å²) in [5.74, 6) is -0.250. The highest BCUT2D eigenvalue weighted by molar-refractivity contribution is 7.89. The Kier molecular flexibility index (Phi) is 8.63. The second-order valence-corrected chi connectivity index (χ2v) is 11.1. The van der Waals surface area contributed by atoms with Gasteiger partial charge in [0.1, 0.15) is 11.5 Å². The first-order chi connectivity index (χ1) is 18.6. The Hall–Kier alpha value is -4.21. The van der Waals surface area contributed by atoms with Gasteiger partial charge in [-0.3, -0.25) is 14.5 Å². The summed E-state index contributed by atoms with van der Waals surface area (Å²) in [5, 5.41) is 2.91. The summed E-state index contributed by atoms with van der Waals surface area (Å²) in [6.07, 6.45) is 0. The second-order valence-electron chi connectivity index (χ2n) is 9.30. The van der Waals surface area contributed by atoms with Crippen LogP contribution in [-0.2, 0) is 26.2 Å². The van der Waals surface area contributed by atoms with E-state index >= 15 is 0 Å². The van der Waals surface area contributed by atoms with Gasteiger partial charge in [0.25, 0.3) is 5.91 Å². The molecule has 0 bridgehead atoms. The van der Waals surface area contributed by atoms with Crippen LogP contribution in [-0.4, -0.2) is 26.8 Å². The van der Waals surface area contributed by atoms with Gasteiger partial charge >= 0.3 is 0 Å². The van der Waals surface area contributed by atoms with Crippen LogP contribution in [0, 0.1) is 20.8 Å². The number of hydrogen-bond acceptors (Lipinski definition) is 5. The average molecular weight is 546 g/mol. The molecule has 9 heteroatoms. The van der Waals surface area contributed by atoms with Gasteiger partial charge < -0.3 is 9.73 Å². The molecule has 0 spiro atoms. The van der Waals surface area contributed by atoms with Gasteiger partial charge in [-0.15, -0.1) is 0 Å². The van der Waals surface area contributed by atoms with Crippen molar-refractivity contribution >= 4 is 27.5 Å². The van der Waals surface area contributed by atoms with Gasteiger partial charge in [0.2, 0.25) is 15.9 Å². The number of aryl methyl sites for hydroxylation is 3. The Morgan fingerprint density at radius 2 is 1.46 bits per heavy atom. The lowest BCUT2D eigenvalue weighted by Crippen LogP contribution is -2.47. The summed E-state index contributed by atoms with van der Waals surface area (Å²) < 4.78 is 34.0. The lowest BCUT2D eigenvalue weighted by Gasteiger charge is -2.30. The van der Waals surface area contributed by atoms with E-state index in [0.717, 1.165) is 16.7 Å². The molecule has 4 aromatic rings. The lowest BCUT2D eigenvalue weighted by atomic mass is 10.1. The first-order valence-electron chi connectivity index (χ1n) is 12.5. The normalized spacial score (nSPS) is 12.1. The van der Waals surface area contributed by atoms with E-state index in [2.05, 4.69) is 10.0 Å². The Morgan fingerprint density at radius 3 is 2.05 bits per heavy atom. The van der Waals surface area contributed by atoms with Crippen molar-refractivity contribution in [3.63, 3.8) is 0 Å². The van der Waals surface area contributed by atoms with Gasteiger partial charge in [-0.1, -0.05) is 54.6 Å². The van der Waals surface area contributed by atoms with Crippen LogP contribution >= 0.6 is 0 Å². The number of amides is 2. The molecule has 0 radical (unpaired) electrons. The third-order valence-electron chi connectivity index (χ3n) is 6.07. The fourth-order valence-electron chi connectivity index (χ4n) is 4.31. The lowest BCUT2D eigenvalue weighted by molar-refractivity contribution is -0.126. The van der Waals surface area contributed by atoms with E-state index in [1.165, 1.54) is 17.0 Å². The molecule has 2 N–H and O–H groups in total. The van der Waals surface area contributed by atoms with Crippen LogP contribution in [0.3, 0.4) is 0 Å². The van der Waals surface area contributed by atoms with Gasteiger partial charge in [-0.2, -0.15) is 0 Å². The maximum Gasteiger partial charge on any atom is 0.251 e. The molecule has 1 aromatic heterocycles. The molecule has 0 aliphatic rings. The van der Waals surface area contributed by atoms with Crippen molar-refractivity contribution < 1.29 is 22.4 Å². The Morgan fingerprint density at radius 1 is 0.846 bits per heavy atom. The van der Waals surface area contributed by atoms with Crippen molar-refractivity contribution in [1.29, 1.82) is 0 Å². The van der Waals surface area contributed by atoms with Crippen molar-refractivity contribution in [2.24, 2.45) is 0 Å². The molecule has 39 heavy (non-hydrogen) atoms. The van der Waals surface area contributed by atoms with Crippen LogP contribution in [0.5, 0.6) is 0 Å². The highest BCUT2D eigenvalue weighted by Gasteiger charge is 2.35. The molecule has 1 heterocycles. The average Bonchev–Trinajstić information content (AvgIpc) is 3.35. The summed E-state index contributed by atoms with van der Waals surface area (Å²) in [6.45, 7) is 5.20. The fraction of sp³-hybridized carbons (Fsp3) is 0.200.